The summed E-state index contributed by atoms with van der Waals surface area (Å²) in [6.07, 6.45) is 0.682. The highest BCUT2D eigenvalue weighted by atomic mass is 16.3. The van der Waals surface area contributed by atoms with Gasteiger partial charge in [-0.05, 0) is 37.1 Å². The van der Waals surface area contributed by atoms with Crippen LogP contribution in [0.4, 0.5) is 0 Å². The highest BCUT2D eigenvalue weighted by Crippen LogP contribution is 2.33. The van der Waals surface area contributed by atoms with E-state index in [4.69, 9.17) is 0 Å². The molecule has 2 heteroatoms. The lowest BCUT2D eigenvalue weighted by Crippen LogP contribution is -1.88. The molecule has 0 aliphatic heterocycles. The molecule has 2 rings (SSSR count). The summed E-state index contributed by atoms with van der Waals surface area (Å²) < 4.78 is 0. The van der Waals surface area contributed by atoms with E-state index in [1.807, 2.05) is 44.2 Å². The lowest BCUT2D eigenvalue weighted by molar-refractivity contribution is 0.112. The molecule has 0 unspecified atom stereocenters. The van der Waals surface area contributed by atoms with Gasteiger partial charge in [-0.1, -0.05) is 29.8 Å². The van der Waals surface area contributed by atoms with Gasteiger partial charge in [-0.2, -0.15) is 0 Å². The van der Waals surface area contributed by atoms with Gasteiger partial charge in [0.15, 0.2) is 6.29 Å². The first-order valence-corrected chi connectivity index (χ1v) is 5.47. The van der Waals surface area contributed by atoms with E-state index in [1.54, 1.807) is 6.07 Å². The molecule has 2 nitrogen and oxygen atoms in total. The first-order valence-electron chi connectivity index (χ1n) is 5.47. The van der Waals surface area contributed by atoms with Crippen molar-refractivity contribution < 1.29 is 9.90 Å². The van der Waals surface area contributed by atoms with Gasteiger partial charge in [0.2, 0.25) is 0 Å². The Morgan fingerprint density at radius 1 is 1.06 bits per heavy atom. The summed E-state index contributed by atoms with van der Waals surface area (Å²) in [5.74, 6) is 0.0520. The number of rotatable bonds is 2. The average molecular weight is 226 g/mol. The summed E-state index contributed by atoms with van der Waals surface area (Å²) in [7, 11) is 0. The van der Waals surface area contributed by atoms with Gasteiger partial charge in [-0.25, -0.2) is 0 Å². The van der Waals surface area contributed by atoms with Crippen molar-refractivity contribution in [3.05, 3.63) is 53.1 Å². The van der Waals surface area contributed by atoms with Gasteiger partial charge in [0.1, 0.15) is 5.75 Å². The van der Waals surface area contributed by atoms with Gasteiger partial charge in [-0.3, -0.25) is 4.79 Å². The molecule has 0 aliphatic carbocycles. The summed E-state index contributed by atoms with van der Waals surface area (Å²) >= 11 is 0. The molecule has 0 fully saturated rings. The second-order valence-electron chi connectivity index (χ2n) is 4.24. The van der Waals surface area contributed by atoms with E-state index in [1.165, 1.54) is 0 Å². The fourth-order valence-electron chi connectivity index (χ4n) is 1.93. The zero-order chi connectivity index (χ0) is 12.4. The Kier molecular flexibility index (Phi) is 2.96. The minimum absolute atomic E-state index is 0.0520. The minimum atomic E-state index is 0.0520. The monoisotopic (exact) mass is 226 g/mol. The highest BCUT2D eigenvalue weighted by Gasteiger charge is 2.09. The third-order valence-corrected chi connectivity index (χ3v) is 2.74. The zero-order valence-corrected chi connectivity index (χ0v) is 9.90. The SMILES string of the molecule is Cc1cccc(-c2cc(C)cc(C=O)c2O)c1. The first-order chi connectivity index (χ1) is 8.11. The Labute approximate surface area is 101 Å². The van der Waals surface area contributed by atoms with Crippen LogP contribution in [0.5, 0.6) is 5.75 Å². The molecule has 0 atom stereocenters. The van der Waals surface area contributed by atoms with Crippen LogP contribution in [0.2, 0.25) is 0 Å². The first kappa shape index (κ1) is 11.4. The summed E-state index contributed by atoms with van der Waals surface area (Å²) in [5.41, 5.74) is 4.05. The van der Waals surface area contributed by atoms with Gasteiger partial charge in [-0.15, -0.1) is 0 Å². The summed E-state index contributed by atoms with van der Waals surface area (Å²) in [6.45, 7) is 3.91. The number of phenolic OH excluding ortho intramolecular Hbond substituents is 1. The van der Waals surface area contributed by atoms with Crippen LogP contribution in [-0.2, 0) is 0 Å². The Bertz CT molecular complexity index is 571. The maximum atomic E-state index is 10.9. The molecule has 0 saturated carbocycles. The van der Waals surface area contributed by atoms with Gasteiger partial charge >= 0.3 is 0 Å². The molecular weight excluding hydrogens is 212 g/mol. The maximum Gasteiger partial charge on any atom is 0.153 e. The molecule has 0 amide bonds. The smallest absolute Gasteiger partial charge is 0.153 e. The topological polar surface area (TPSA) is 37.3 Å². The number of aldehydes is 1. The fourth-order valence-corrected chi connectivity index (χ4v) is 1.93. The summed E-state index contributed by atoms with van der Waals surface area (Å²) in [5, 5.41) is 10.0. The molecule has 0 saturated heterocycles. The van der Waals surface area contributed by atoms with Gasteiger partial charge in [0.25, 0.3) is 0 Å². The lowest BCUT2D eigenvalue weighted by Gasteiger charge is -2.09. The predicted molar refractivity (Wildman–Crippen MR) is 68.4 cm³/mol. The van der Waals surface area contributed by atoms with Crippen molar-refractivity contribution in [1.82, 2.24) is 0 Å². The van der Waals surface area contributed by atoms with Gasteiger partial charge in [0.05, 0.1) is 5.56 Å². The van der Waals surface area contributed by atoms with Crippen LogP contribution in [0.3, 0.4) is 0 Å². The molecule has 0 heterocycles. The van der Waals surface area contributed by atoms with E-state index in [-0.39, 0.29) is 5.75 Å². The van der Waals surface area contributed by atoms with Crippen LogP contribution < -0.4 is 0 Å². The number of phenols is 1. The quantitative estimate of drug-likeness (QED) is 0.796. The molecule has 1 N–H and O–H groups in total. The van der Waals surface area contributed by atoms with Crippen molar-refractivity contribution in [2.75, 3.05) is 0 Å². The number of aryl methyl sites for hydroxylation is 2. The zero-order valence-electron chi connectivity index (χ0n) is 9.90. The van der Waals surface area contributed by atoms with Crippen LogP contribution in [-0.4, -0.2) is 11.4 Å². The Morgan fingerprint density at radius 3 is 2.47 bits per heavy atom. The molecule has 0 aliphatic rings. The Hall–Kier alpha value is -2.09. The van der Waals surface area contributed by atoms with Crippen molar-refractivity contribution in [1.29, 1.82) is 0 Å². The minimum Gasteiger partial charge on any atom is -0.507 e. The molecule has 0 spiro atoms. The van der Waals surface area contributed by atoms with Crippen molar-refractivity contribution in [2.45, 2.75) is 13.8 Å². The molecule has 2 aromatic carbocycles. The van der Waals surface area contributed by atoms with Crippen molar-refractivity contribution in [3.8, 4) is 16.9 Å². The number of hydrogen-bond donors (Lipinski definition) is 1. The van der Waals surface area contributed by atoms with Crippen LogP contribution in [0.15, 0.2) is 36.4 Å². The summed E-state index contributed by atoms with van der Waals surface area (Å²) in [6, 6.07) is 11.4. The molecule has 0 aromatic heterocycles. The number of aromatic hydroxyl groups is 1. The maximum absolute atomic E-state index is 10.9. The Morgan fingerprint density at radius 2 is 1.82 bits per heavy atom. The van der Waals surface area contributed by atoms with Crippen molar-refractivity contribution in [2.24, 2.45) is 0 Å². The van der Waals surface area contributed by atoms with E-state index in [0.29, 0.717) is 17.4 Å². The van der Waals surface area contributed by atoms with Crippen molar-refractivity contribution >= 4 is 6.29 Å². The van der Waals surface area contributed by atoms with Crippen LogP contribution in [0, 0.1) is 13.8 Å². The van der Waals surface area contributed by atoms with Crippen molar-refractivity contribution in [3.63, 3.8) is 0 Å². The van der Waals surface area contributed by atoms with Crippen LogP contribution in [0.1, 0.15) is 21.5 Å². The largest absolute Gasteiger partial charge is 0.507 e. The van der Waals surface area contributed by atoms with Crippen LogP contribution >= 0.6 is 0 Å². The normalized spacial score (nSPS) is 10.2. The highest BCUT2D eigenvalue weighted by molar-refractivity contribution is 5.86. The molecule has 17 heavy (non-hydrogen) atoms. The van der Waals surface area contributed by atoms with E-state index in [0.717, 1.165) is 16.7 Å². The standard InChI is InChI=1S/C15H14O2/c1-10-4-3-5-12(6-10)14-8-11(2)7-13(9-16)15(14)17/h3-9,17H,1-2H3. The number of carbonyl (C=O) groups is 1. The predicted octanol–water partition coefficient (Wildman–Crippen LogP) is 3.49. The molecule has 0 radical (unpaired) electrons. The summed E-state index contributed by atoms with van der Waals surface area (Å²) in [4.78, 5) is 10.9. The molecule has 2 aromatic rings. The third kappa shape index (κ3) is 2.21. The van der Waals surface area contributed by atoms with E-state index >= 15 is 0 Å². The number of carbonyl (C=O) groups excluding carboxylic acids is 1. The molecular formula is C15H14O2. The number of hydrogen-bond acceptors (Lipinski definition) is 2. The Balaban J connectivity index is 2.67. The fraction of sp³-hybridized carbons (Fsp3) is 0.133. The third-order valence-electron chi connectivity index (χ3n) is 2.74. The van der Waals surface area contributed by atoms with Gasteiger partial charge < -0.3 is 5.11 Å². The second kappa shape index (κ2) is 4.42. The lowest BCUT2D eigenvalue weighted by atomic mass is 9.98. The second-order valence-corrected chi connectivity index (χ2v) is 4.24. The van der Waals surface area contributed by atoms with E-state index in [2.05, 4.69) is 0 Å². The van der Waals surface area contributed by atoms with E-state index < -0.39 is 0 Å². The molecule has 86 valence electrons. The van der Waals surface area contributed by atoms with Gasteiger partial charge in [0, 0.05) is 5.56 Å². The van der Waals surface area contributed by atoms with E-state index in [9.17, 15) is 9.90 Å². The van der Waals surface area contributed by atoms with Crippen LogP contribution in [0.25, 0.3) is 11.1 Å². The average Bonchev–Trinajstić information content (AvgIpc) is 2.31. The number of benzene rings is 2. The molecule has 0 bridgehead atoms.